The highest BCUT2D eigenvalue weighted by atomic mass is 16.4. The summed E-state index contributed by atoms with van der Waals surface area (Å²) in [5, 5.41) is 12.2. The molecule has 0 aromatic carbocycles. The summed E-state index contributed by atoms with van der Waals surface area (Å²) in [6, 6.07) is -0.145. The van der Waals surface area contributed by atoms with Crippen LogP contribution < -0.4 is 5.32 Å². The van der Waals surface area contributed by atoms with Crippen molar-refractivity contribution in [2.45, 2.75) is 47.5 Å². The van der Waals surface area contributed by atoms with E-state index in [4.69, 9.17) is 0 Å². The number of urea groups is 1. The lowest BCUT2D eigenvalue weighted by Gasteiger charge is -2.38. The van der Waals surface area contributed by atoms with Crippen molar-refractivity contribution in [1.82, 2.24) is 10.2 Å². The van der Waals surface area contributed by atoms with Crippen molar-refractivity contribution in [3.05, 3.63) is 0 Å². The molecule has 2 amide bonds. The van der Waals surface area contributed by atoms with Crippen LogP contribution in [0.5, 0.6) is 0 Å². The third-order valence-electron chi connectivity index (χ3n) is 4.54. The van der Waals surface area contributed by atoms with E-state index in [9.17, 15) is 14.7 Å². The molecule has 0 bridgehead atoms. The molecular weight excluding hydrogens is 256 g/mol. The van der Waals surface area contributed by atoms with E-state index in [0.717, 1.165) is 6.42 Å². The highest BCUT2D eigenvalue weighted by molar-refractivity contribution is 5.78. The van der Waals surface area contributed by atoms with Crippen LogP contribution in [0.25, 0.3) is 0 Å². The smallest absolute Gasteiger partial charge is 0.317 e. The fourth-order valence-electron chi connectivity index (χ4n) is 2.25. The Labute approximate surface area is 121 Å². The van der Waals surface area contributed by atoms with Crippen LogP contribution in [0.15, 0.2) is 0 Å². The van der Waals surface area contributed by atoms with Crippen molar-refractivity contribution in [2.24, 2.45) is 16.7 Å². The predicted octanol–water partition coefficient (Wildman–Crippen LogP) is 2.56. The number of rotatable bonds is 3. The SMILES string of the molecule is CC(CNC(=O)N1CCCC(C)(C(=O)O)C1)C(C)(C)C. The normalized spacial score (nSPS) is 25.1. The molecule has 0 aromatic rings. The number of carboxylic acid groups (broad SMARTS) is 1. The fraction of sp³-hybridized carbons (Fsp3) is 0.867. The maximum absolute atomic E-state index is 12.2. The number of carboxylic acids is 1. The number of amides is 2. The Kier molecular flexibility index (Phi) is 5.05. The molecule has 0 spiro atoms. The van der Waals surface area contributed by atoms with Gasteiger partial charge in [0.1, 0.15) is 0 Å². The number of nitrogens with one attached hydrogen (secondary N) is 1. The van der Waals surface area contributed by atoms with Gasteiger partial charge in [0.25, 0.3) is 0 Å². The Morgan fingerprint density at radius 3 is 2.50 bits per heavy atom. The standard InChI is InChI=1S/C15H28N2O3/c1-11(14(2,3)4)9-16-13(20)17-8-6-7-15(5,10-17)12(18)19/h11H,6-10H2,1-5H3,(H,16,20)(H,18,19). The minimum Gasteiger partial charge on any atom is -0.481 e. The minimum atomic E-state index is -0.821. The van der Waals surface area contributed by atoms with E-state index in [1.165, 1.54) is 0 Å². The lowest BCUT2D eigenvalue weighted by Crippen LogP contribution is -2.52. The van der Waals surface area contributed by atoms with Gasteiger partial charge in [-0.25, -0.2) is 4.79 Å². The zero-order valence-electron chi connectivity index (χ0n) is 13.3. The van der Waals surface area contributed by atoms with Gasteiger partial charge in [-0.1, -0.05) is 27.7 Å². The zero-order valence-corrected chi connectivity index (χ0v) is 13.3. The number of likely N-dealkylation sites (tertiary alicyclic amines) is 1. The topological polar surface area (TPSA) is 69.6 Å². The first kappa shape index (κ1) is 16.8. The first-order chi connectivity index (χ1) is 9.06. The Morgan fingerprint density at radius 1 is 1.40 bits per heavy atom. The van der Waals surface area contributed by atoms with Crippen LogP contribution in [0.4, 0.5) is 4.79 Å². The second-order valence-electron chi connectivity index (χ2n) is 7.34. The summed E-state index contributed by atoms with van der Waals surface area (Å²) in [7, 11) is 0. The molecule has 5 heteroatoms. The zero-order chi connectivity index (χ0) is 15.6. The molecule has 1 fully saturated rings. The number of carbonyl (C=O) groups excluding carboxylic acids is 1. The molecule has 2 N–H and O–H groups in total. The van der Waals surface area contributed by atoms with Crippen LogP contribution in [-0.4, -0.2) is 41.6 Å². The van der Waals surface area contributed by atoms with Crippen molar-refractivity contribution < 1.29 is 14.7 Å². The molecule has 2 atom stereocenters. The van der Waals surface area contributed by atoms with Gasteiger partial charge < -0.3 is 15.3 Å². The second-order valence-corrected chi connectivity index (χ2v) is 7.34. The molecule has 1 aliphatic rings. The molecule has 1 saturated heterocycles. The molecule has 0 aliphatic carbocycles. The average Bonchev–Trinajstić information content (AvgIpc) is 2.34. The highest BCUT2D eigenvalue weighted by Gasteiger charge is 2.39. The largest absolute Gasteiger partial charge is 0.481 e. The van der Waals surface area contributed by atoms with E-state index in [1.807, 2.05) is 0 Å². The molecule has 2 unspecified atom stereocenters. The van der Waals surface area contributed by atoms with Gasteiger partial charge >= 0.3 is 12.0 Å². The van der Waals surface area contributed by atoms with Crippen LogP contribution in [0.3, 0.4) is 0 Å². The van der Waals surface area contributed by atoms with E-state index < -0.39 is 11.4 Å². The van der Waals surface area contributed by atoms with Crippen molar-refractivity contribution >= 4 is 12.0 Å². The Morgan fingerprint density at radius 2 is 2.00 bits per heavy atom. The van der Waals surface area contributed by atoms with Crippen molar-refractivity contribution in [3.8, 4) is 0 Å². The highest BCUT2D eigenvalue weighted by Crippen LogP contribution is 2.30. The molecule has 0 radical (unpaired) electrons. The predicted molar refractivity (Wildman–Crippen MR) is 78.6 cm³/mol. The summed E-state index contributed by atoms with van der Waals surface area (Å²) in [4.78, 5) is 25.1. The number of piperidine rings is 1. The van der Waals surface area contributed by atoms with Gasteiger partial charge in [0.05, 0.1) is 5.41 Å². The molecular formula is C15H28N2O3. The van der Waals surface area contributed by atoms with Gasteiger partial charge in [-0.3, -0.25) is 4.79 Å². The molecule has 116 valence electrons. The Balaban J connectivity index is 2.54. The maximum Gasteiger partial charge on any atom is 0.317 e. The van der Waals surface area contributed by atoms with Crippen LogP contribution in [0, 0.1) is 16.7 Å². The number of hydrogen-bond donors (Lipinski definition) is 2. The Hall–Kier alpha value is -1.26. The summed E-state index contributed by atoms with van der Waals surface area (Å²) in [5.41, 5.74) is -0.671. The number of aliphatic carboxylic acids is 1. The van der Waals surface area contributed by atoms with E-state index in [-0.39, 0.29) is 18.0 Å². The first-order valence-corrected chi connectivity index (χ1v) is 7.32. The monoisotopic (exact) mass is 284 g/mol. The van der Waals surface area contributed by atoms with E-state index in [2.05, 4.69) is 33.0 Å². The van der Waals surface area contributed by atoms with Gasteiger partial charge in [0, 0.05) is 19.6 Å². The van der Waals surface area contributed by atoms with E-state index >= 15 is 0 Å². The van der Waals surface area contributed by atoms with Crippen LogP contribution >= 0.6 is 0 Å². The molecule has 0 saturated carbocycles. The van der Waals surface area contributed by atoms with Crippen LogP contribution in [0.2, 0.25) is 0 Å². The molecule has 20 heavy (non-hydrogen) atoms. The first-order valence-electron chi connectivity index (χ1n) is 7.32. The molecule has 1 aliphatic heterocycles. The van der Waals surface area contributed by atoms with Gasteiger partial charge in [-0.2, -0.15) is 0 Å². The third-order valence-corrected chi connectivity index (χ3v) is 4.54. The third kappa shape index (κ3) is 4.12. The van der Waals surface area contributed by atoms with Gasteiger partial charge in [0.15, 0.2) is 0 Å². The molecule has 1 heterocycles. The van der Waals surface area contributed by atoms with Crippen LogP contribution in [0.1, 0.15) is 47.5 Å². The number of hydrogen-bond acceptors (Lipinski definition) is 2. The van der Waals surface area contributed by atoms with Crippen molar-refractivity contribution in [3.63, 3.8) is 0 Å². The van der Waals surface area contributed by atoms with Gasteiger partial charge in [-0.05, 0) is 31.1 Å². The molecule has 1 rings (SSSR count). The summed E-state index contributed by atoms with van der Waals surface area (Å²) >= 11 is 0. The minimum absolute atomic E-state index is 0.144. The summed E-state index contributed by atoms with van der Waals surface area (Å²) in [6.45, 7) is 11.8. The quantitative estimate of drug-likeness (QED) is 0.837. The number of carbonyl (C=O) groups is 2. The maximum atomic E-state index is 12.2. The van der Waals surface area contributed by atoms with E-state index in [0.29, 0.717) is 25.4 Å². The molecule has 0 aromatic heterocycles. The Bertz CT molecular complexity index is 376. The summed E-state index contributed by atoms with van der Waals surface area (Å²) in [6.07, 6.45) is 1.37. The lowest BCUT2D eigenvalue weighted by atomic mass is 9.82. The fourth-order valence-corrected chi connectivity index (χ4v) is 2.25. The number of nitrogens with zero attached hydrogens (tertiary/aromatic N) is 1. The lowest BCUT2D eigenvalue weighted by molar-refractivity contribution is -0.150. The van der Waals surface area contributed by atoms with Gasteiger partial charge in [-0.15, -0.1) is 0 Å². The van der Waals surface area contributed by atoms with E-state index in [1.54, 1.807) is 11.8 Å². The van der Waals surface area contributed by atoms with Crippen molar-refractivity contribution in [1.29, 1.82) is 0 Å². The summed E-state index contributed by atoms with van der Waals surface area (Å²) < 4.78 is 0. The molecule has 5 nitrogen and oxygen atoms in total. The average molecular weight is 284 g/mol. The van der Waals surface area contributed by atoms with Crippen LogP contribution in [-0.2, 0) is 4.79 Å². The van der Waals surface area contributed by atoms with Gasteiger partial charge in [0.2, 0.25) is 0 Å². The van der Waals surface area contributed by atoms with Crippen molar-refractivity contribution in [2.75, 3.05) is 19.6 Å². The summed E-state index contributed by atoms with van der Waals surface area (Å²) in [5.74, 6) is -0.458. The second kappa shape index (κ2) is 6.02.